The second-order valence-electron chi connectivity index (χ2n) is 7.98. The molecule has 0 spiro atoms. The van der Waals surface area contributed by atoms with Crippen molar-refractivity contribution in [2.45, 2.75) is 26.9 Å². The summed E-state index contributed by atoms with van der Waals surface area (Å²) in [6.45, 7) is 8.34. The lowest BCUT2D eigenvalue weighted by atomic mass is 10.2. The molecule has 0 atom stereocenters. The van der Waals surface area contributed by atoms with Gasteiger partial charge in [0, 0.05) is 19.2 Å². The predicted octanol–water partition coefficient (Wildman–Crippen LogP) is 2.98. The SMILES string of the molecule is CCN(CC)CCOc1ccc(CNC(=O)c2ccc(=O)n(CCOc3ccccc3)n2)cc1OC. The number of para-hydroxylation sites is 1. The van der Waals surface area contributed by atoms with Crippen molar-refractivity contribution in [1.29, 1.82) is 0 Å². The molecule has 1 aromatic heterocycles. The number of benzene rings is 2. The molecular formula is C27H34N4O5. The van der Waals surface area contributed by atoms with E-state index in [0.29, 0.717) is 23.9 Å². The van der Waals surface area contributed by atoms with Crippen molar-refractivity contribution in [3.05, 3.63) is 82.3 Å². The van der Waals surface area contributed by atoms with Gasteiger partial charge in [-0.1, -0.05) is 38.1 Å². The van der Waals surface area contributed by atoms with Gasteiger partial charge in [-0.3, -0.25) is 9.59 Å². The maximum atomic E-state index is 12.7. The molecule has 0 aliphatic heterocycles. The molecule has 2 aromatic carbocycles. The van der Waals surface area contributed by atoms with Gasteiger partial charge in [0.1, 0.15) is 24.7 Å². The lowest BCUT2D eigenvalue weighted by Crippen LogP contribution is -2.30. The molecule has 1 heterocycles. The Hall–Kier alpha value is -3.85. The van der Waals surface area contributed by atoms with Crippen LogP contribution in [0.2, 0.25) is 0 Å². The molecule has 0 saturated heterocycles. The van der Waals surface area contributed by atoms with E-state index in [4.69, 9.17) is 14.2 Å². The van der Waals surface area contributed by atoms with Gasteiger partial charge >= 0.3 is 0 Å². The fraction of sp³-hybridized carbons (Fsp3) is 0.370. The number of aromatic nitrogens is 2. The van der Waals surface area contributed by atoms with Crippen LogP contribution in [0.5, 0.6) is 17.2 Å². The van der Waals surface area contributed by atoms with E-state index in [1.54, 1.807) is 7.11 Å². The zero-order valence-electron chi connectivity index (χ0n) is 21.1. The number of nitrogens with one attached hydrogen (secondary N) is 1. The van der Waals surface area contributed by atoms with Gasteiger partial charge in [-0.25, -0.2) is 4.68 Å². The number of hydrogen-bond donors (Lipinski definition) is 1. The van der Waals surface area contributed by atoms with Crippen LogP contribution in [-0.4, -0.2) is 60.5 Å². The minimum atomic E-state index is -0.383. The maximum Gasteiger partial charge on any atom is 0.271 e. The van der Waals surface area contributed by atoms with Gasteiger partial charge < -0.3 is 24.4 Å². The number of likely N-dealkylation sites (N-methyl/N-ethyl adjacent to an activating group) is 1. The van der Waals surface area contributed by atoms with Gasteiger partial charge in [0.05, 0.1) is 13.7 Å². The average Bonchev–Trinajstić information content (AvgIpc) is 2.91. The molecule has 36 heavy (non-hydrogen) atoms. The minimum absolute atomic E-state index is 0.151. The minimum Gasteiger partial charge on any atom is -0.493 e. The number of ether oxygens (including phenoxy) is 3. The Labute approximate surface area is 211 Å². The highest BCUT2D eigenvalue weighted by atomic mass is 16.5. The Morgan fingerprint density at radius 1 is 0.972 bits per heavy atom. The standard InChI is InChI=1S/C27H34N4O5/c1-4-30(5-2)15-17-36-24-13-11-21(19-25(24)34-3)20-28-27(33)23-12-14-26(32)31(29-23)16-18-35-22-9-7-6-8-10-22/h6-14,19H,4-5,15-18,20H2,1-3H3,(H,28,33). The van der Waals surface area contributed by atoms with Crippen LogP contribution in [-0.2, 0) is 13.1 Å². The summed E-state index contributed by atoms with van der Waals surface area (Å²) in [6, 6.07) is 17.6. The summed E-state index contributed by atoms with van der Waals surface area (Å²) in [7, 11) is 1.59. The Kier molecular flexibility index (Phi) is 10.3. The first-order chi connectivity index (χ1) is 17.5. The summed E-state index contributed by atoms with van der Waals surface area (Å²) >= 11 is 0. The molecule has 0 fully saturated rings. The zero-order valence-corrected chi connectivity index (χ0v) is 21.1. The third-order valence-corrected chi connectivity index (χ3v) is 5.65. The first kappa shape index (κ1) is 26.7. The molecule has 0 aliphatic carbocycles. The van der Waals surface area contributed by atoms with E-state index in [2.05, 4.69) is 29.2 Å². The van der Waals surface area contributed by atoms with Crippen LogP contribution >= 0.6 is 0 Å². The van der Waals surface area contributed by atoms with Crippen molar-refractivity contribution in [2.75, 3.05) is 40.0 Å². The van der Waals surface area contributed by atoms with E-state index in [1.807, 2.05) is 48.5 Å². The Morgan fingerprint density at radius 2 is 1.75 bits per heavy atom. The number of methoxy groups -OCH3 is 1. The normalized spacial score (nSPS) is 10.8. The number of amides is 1. The molecule has 0 bridgehead atoms. The molecule has 1 amide bonds. The van der Waals surface area contributed by atoms with Gasteiger partial charge in [0.2, 0.25) is 0 Å². The predicted molar refractivity (Wildman–Crippen MR) is 138 cm³/mol. The van der Waals surface area contributed by atoms with Gasteiger partial charge in [0.15, 0.2) is 11.5 Å². The number of rotatable bonds is 14. The van der Waals surface area contributed by atoms with Crippen LogP contribution < -0.4 is 25.1 Å². The highest BCUT2D eigenvalue weighted by Crippen LogP contribution is 2.28. The molecule has 3 rings (SSSR count). The molecular weight excluding hydrogens is 460 g/mol. The monoisotopic (exact) mass is 494 g/mol. The van der Waals surface area contributed by atoms with Crippen LogP contribution in [0.1, 0.15) is 29.9 Å². The Bertz CT molecular complexity index is 1160. The summed E-state index contributed by atoms with van der Waals surface area (Å²) in [5, 5.41) is 7.03. The quantitative estimate of drug-likeness (QED) is 0.368. The maximum absolute atomic E-state index is 12.7. The van der Waals surface area contributed by atoms with E-state index < -0.39 is 0 Å². The second kappa shape index (κ2) is 13.9. The molecule has 0 saturated carbocycles. The van der Waals surface area contributed by atoms with Crippen LogP contribution in [0.3, 0.4) is 0 Å². The molecule has 1 N–H and O–H groups in total. The summed E-state index contributed by atoms with van der Waals surface area (Å²) in [6.07, 6.45) is 0. The first-order valence-electron chi connectivity index (χ1n) is 12.1. The zero-order chi connectivity index (χ0) is 25.8. The number of carbonyl (C=O) groups excluding carboxylic acids is 1. The lowest BCUT2D eigenvalue weighted by Gasteiger charge is -2.19. The Balaban J connectivity index is 1.55. The van der Waals surface area contributed by atoms with Crippen molar-refractivity contribution >= 4 is 5.91 Å². The Morgan fingerprint density at radius 3 is 2.47 bits per heavy atom. The van der Waals surface area contributed by atoms with Crippen molar-refractivity contribution in [3.8, 4) is 17.2 Å². The van der Waals surface area contributed by atoms with E-state index >= 15 is 0 Å². The van der Waals surface area contributed by atoms with Gasteiger partial charge in [-0.05, 0) is 49.0 Å². The molecule has 0 radical (unpaired) electrons. The lowest BCUT2D eigenvalue weighted by molar-refractivity contribution is 0.0942. The smallest absolute Gasteiger partial charge is 0.271 e. The fourth-order valence-electron chi connectivity index (χ4n) is 3.54. The number of hydrogen-bond acceptors (Lipinski definition) is 7. The third-order valence-electron chi connectivity index (χ3n) is 5.65. The van der Waals surface area contributed by atoms with Crippen molar-refractivity contribution < 1.29 is 19.0 Å². The average molecular weight is 495 g/mol. The summed E-state index contributed by atoms with van der Waals surface area (Å²) in [4.78, 5) is 27.1. The largest absolute Gasteiger partial charge is 0.493 e. The van der Waals surface area contributed by atoms with Crippen LogP contribution in [0.25, 0.3) is 0 Å². The summed E-state index contributed by atoms with van der Waals surface area (Å²) in [5.41, 5.74) is 0.697. The van der Waals surface area contributed by atoms with Crippen molar-refractivity contribution in [1.82, 2.24) is 20.0 Å². The highest BCUT2D eigenvalue weighted by molar-refractivity contribution is 5.91. The van der Waals surface area contributed by atoms with Crippen molar-refractivity contribution in [3.63, 3.8) is 0 Å². The van der Waals surface area contributed by atoms with E-state index in [1.165, 1.54) is 16.8 Å². The number of carbonyl (C=O) groups is 1. The van der Waals surface area contributed by atoms with Crippen LogP contribution in [0.4, 0.5) is 0 Å². The van der Waals surface area contributed by atoms with Crippen LogP contribution in [0, 0.1) is 0 Å². The van der Waals surface area contributed by atoms with E-state index in [-0.39, 0.29) is 36.9 Å². The number of nitrogens with zero attached hydrogens (tertiary/aromatic N) is 3. The van der Waals surface area contributed by atoms with Crippen molar-refractivity contribution in [2.24, 2.45) is 0 Å². The van der Waals surface area contributed by atoms with Gasteiger partial charge in [-0.2, -0.15) is 5.10 Å². The molecule has 9 nitrogen and oxygen atoms in total. The fourth-order valence-corrected chi connectivity index (χ4v) is 3.54. The molecule has 0 aliphatic rings. The second-order valence-corrected chi connectivity index (χ2v) is 7.98. The summed E-state index contributed by atoms with van der Waals surface area (Å²) < 4.78 is 18.2. The van der Waals surface area contributed by atoms with Gasteiger partial charge in [-0.15, -0.1) is 0 Å². The summed E-state index contributed by atoms with van der Waals surface area (Å²) in [5.74, 6) is 1.58. The van der Waals surface area contributed by atoms with Crippen LogP contribution in [0.15, 0.2) is 65.5 Å². The molecule has 0 unspecified atom stereocenters. The molecule has 9 heteroatoms. The third kappa shape index (κ3) is 7.84. The highest BCUT2D eigenvalue weighted by Gasteiger charge is 2.12. The molecule has 3 aromatic rings. The topological polar surface area (TPSA) is 94.9 Å². The van der Waals surface area contributed by atoms with E-state index in [9.17, 15) is 9.59 Å². The first-order valence-corrected chi connectivity index (χ1v) is 12.1. The molecule has 192 valence electrons. The van der Waals surface area contributed by atoms with E-state index in [0.717, 1.165) is 25.2 Å². The van der Waals surface area contributed by atoms with Gasteiger partial charge in [0.25, 0.3) is 11.5 Å².